The molecule has 0 atom stereocenters. The van der Waals surface area contributed by atoms with Crippen LogP contribution < -0.4 is 5.32 Å². The molecule has 0 aliphatic heterocycles. The minimum atomic E-state index is -0.162. The summed E-state index contributed by atoms with van der Waals surface area (Å²) in [5.41, 5.74) is 3.36. The highest BCUT2D eigenvalue weighted by Gasteiger charge is 2.40. The molecule has 0 radical (unpaired) electrons. The Hall–Kier alpha value is -2.53. The van der Waals surface area contributed by atoms with Crippen molar-refractivity contribution in [2.75, 3.05) is 0 Å². The Morgan fingerprint density at radius 3 is 2.44 bits per heavy atom. The first-order valence-corrected chi connectivity index (χ1v) is 8.92. The van der Waals surface area contributed by atoms with Crippen LogP contribution in [0.2, 0.25) is 0 Å². The van der Waals surface area contributed by atoms with Gasteiger partial charge in [-0.25, -0.2) is 0 Å². The summed E-state index contributed by atoms with van der Waals surface area (Å²) in [6.07, 6.45) is 4.52. The molecule has 128 valence electrons. The van der Waals surface area contributed by atoms with Gasteiger partial charge in [0, 0.05) is 6.54 Å². The molecule has 25 heavy (non-hydrogen) atoms. The van der Waals surface area contributed by atoms with Crippen molar-refractivity contribution in [1.29, 1.82) is 0 Å². The minimum Gasteiger partial charge on any atom is -0.301 e. The standard InChI is InChI=1S/C20H23N5/c1-16-9-11-18(12-10-16)25-19(22-23-24-25)20(13-5-6-14-20)21-15-17-7-3-2-4-8-17/h2-4,7-12,21H,5-6,13-15H2,1H3. The Morgan fingerprint density at radius 1 is 1.00 bits per heavy atom. The van der Waals surface area contributed by atoms with Gasteiger partial charge in [-0.15, -0.1) is 5.10 Å². The largest absolute Gasteiger partial charge is 0.301 e. The second kappa shape index (κ2) is 6.76. The zero-order chi connectivity index (χ0) is 17.1. The van der Waals surface area contributed by atoms with E-state index < -0.39 is 0 Å². The average Bonchev–Trinajstić information content (AvgIpc) is 3.32. The summed E-state index contributed by atoms with van der Waals surface area (Å²) in [5, 5.41) is 16.5. The predicted molar refractivity (Wildman–Crippen MR) is 97.3 cm³/mol. The van der Waals surface area contributed by atoms with E-state index >= 15 is 0 Å². The van der Waals surface area contributed by atoms with E-state index in [9.17, 15) is 0 Å². The number of rotatable bonds is 5. The van der Waals surface area contributed by atoms with E-state index in [1.165, 1.54) is 24.0 Å². The zero-order valence-electron chi connectivity index (χ0n) is 14.5. The van der Waals surface area contributed by atoms with E-state index in [4.69, 9.17) is 0 Å². The monoisotopic (exact) mass is 333 g/mol. The van der Waals surface area contributed by atoms with Crippen LogP contribution in [0, 0.1) is 6.92 Å². The lowest BCUT2D eigenvalue weighted by Crippen LogP contribution is -2.41. The molecule has 1 fully saturated rings. The lowest BCUT2D eigenvalue weighted by Gasteiger charge is -2.29. The van der Waals surface area contributed by atoms with Crippen molar-refractivity contribution in [2.45, 2.75) is 44.7 Å². The van der Waals surface area contributed by atoms with Gasteiger partial charge in [0.15, 0.2) is 5.82 Å². The van der Waals surface area contributed by atoms with Gasteiger partial charge in [0.25, 0.3) is 0 Å². The van der Waals surface area contributed by atoms with Gasteiger partial charge in [-0.1, -0.05) is 60.9 Å². The van der Waals surface area contributed by atoms with Crippen molar-refractivity contribution in [3.8, 4) is 5.69 Å². The summed E-state index contributed by atoms with van der Waals surface area (Å²) in [6, 6.07) is 18.9. The molecular weight excluding hydrogens is 310 g/mol. The molecular formula is C20H23N5. The van der Waals surface area contributed by atoms with Gasteiger partial charge < -0.3 is 5.32 Å². The second-order valence-corrected chi connectivity index (χ2v) is 6.88. The van der Waals surface area contributed by atoms with Crippen LogP contribution in [-0.4, -0.2) is 20.2 Å². The number of aromatic nitrogens is 4. The average molecular weight is 333 g/mol. The smallest absolute Gasteiger partial charge is 0.176 e. The molecule has 1 aliphatic carbocycles. The Labute approximate surface area is 148 Å². The highest BCUT2D eigenvalue weighted by atomic mass is 15.6. The summed E-state index contributed by atoms with van der Waals surface area (Å²) in [4.78, 5) is 0. The zero-order valence-corrected chi connectivity index (χ0v) is 14.5. The predicted octanol–water partition coefficient (Wildman–Crippen LogP) is 3.53. The maximum absolute atomic E-state index is 4.42. The number of tetrazole rings is 1. The van der Waals surface area contributed by atoms with Crippen LogP contribution in [0.3, 0.4) is 0 Å². The van der Waals surface area contributed by atoms with E-state index in [-0.39, 0.29) is 5.54 Å². The van der Waals surface area contributed by atoms with Crippen molar-refractivity contribution in [3.05, 3.63) is 71.5 Å². The molecule has 1 N–H and O–H groups in total. The summed E-state index contributed by atoms with van der Waals surface area (Å²) >= 11 is 0. The van der Waals surface area contributed by atoms with E-state index in [1.807, 2.05) is 10.7 Å². The summed E-state index contributed by atoms with van der Waals surface area (Å²) in [7, 11) is 0. The van der Waals surface area contributed by atoms with Gasteiger partial charge in [0.1, 0.15) is 0 Å². The number of aryl methyl sites for hydroxylation is 1. The van der Waals surface area contributed by atoms with Crippen molar-refractivity contribution in [1.82, 2.24) is 25.5 Å². The molecule has 0 spiro atoms. The number of nitrogens with one attached hydrogen (secondary N) is 1. The Bertz CT molecular complexity index is 817. The van der Waals surface area contributed by atoms with Gasteiger partial charge in [0.2, 0.25) is 0 Å². The maximum Gasteiger partial charge on any atom is 0.176 e. The second-order valence-electron chi connectivity index (χ2n) is 6.88. The van der Waals surface area contributed by atoms with E-state index in [2.05, 4.69) is 76.3 Å². The summed E-state index contributed by atoms with van der Waals surface area (Å²) in [5.74, 6) is 0.921. The molecule has 0 unspecified atom stereocenters. The lowest BCUT2D eigenvalue weighted by molar-refractivity contribution is 0.312. The third-order valence-electron chi connectivity index (χ3n) is 5.11. The molecule has 1 aromatic heterocycles. The first-order valence-electron chi connectivity index (χ1n) is 8.92. The molecule has 0 bridgehead atoms. The fourth-order valence-corrected chi connectivity index (χ4v) is 3.67. The first kappa shape index (κ1) is 16.0. The van der Waals surface area contributed by atoms with Crippen LogP contribution >= 0.6 is 0 Å². The van der Waals surface area contributed by atoms with Crippen LogP contribution in [0.25, 0.3) is 5.69 Å². The molecule has 1 heterocycles. The van der Waals surface area contributed by atoms with Gasteiger partial charge in [0.05, 0.1) is 11.2 Å². The Morgan fingerprint density at radius 2 is 1.72 bits per heavy atom. The molecule has 3 aromatic rings. The van der Waals surface area contributed by atoms with Crippen molar-refractivity contribution in [2.24, 2.45) is 0 Å². The first-order chi connectivity index (χ1) is 12.3. The molecule has 4 rings (SSSR count). The Balaban J connectivity index is 1.65. The van der Waals surface area contributed by atoms with Crippen molar-refractivity contribution < 1.29 is 0 Å². The molecule has 0 saturated heterocycles. The topological polar surface area (TPSA) is 55.6 Å². The molecule has 1 saturated carbocycles. The third-order valence-corrected chi connectivity index (χ3v) is 5.11. The third kappa shape index (κ3) is 3.20. The quantitative estimate of drug-likeness (QED) is 0.776. The molecule has 1 aliphatic rings. The van der Waals surface area contributed by atoms with Crippen molar-refractivity contribution >= 4 is 0 Å². The van der Waals surface area contributed by atoms with Gasteiger partial charge in [-0.05, 0) is 47.9 Å². The van der Waals surface area contributed by atoms with E-state index in [0.29, 0.717) is 0 Å². The Kier molecular flexibility index (Phi) is 4.32. The van der Waals surface area contributed by atoms with Crippen LogP contribution in [0.1, 0.15) is 42.6 Å². The van der Waals surface area contributed by atoms with E-state index in [0.717, 1.165) is 30.9 Å². The van der Waals surface area contributed by atoms with Crippen LogP contribution in [0.5, 0.6) is 0 Å². The minimum absolute atomic E-state index is 0.162. The fourth-order valence-electron chi connectivity index (χ4n) is 3.67. The SMILES string of the molecule is Cc1ccc(-n2nnnc2C2(NCc3ccccc3)CCCC2)cc1. The highest BCUT2D eigenvalue weighted by Crippen LogP contribution is 2.38. The lowest BCUT2D eigenvalue weighted by atomic mass is 9.95. The van der Waals surface area contributed by atoms with Crippen LogP contribution in [0.4, 0.5) is 0 Å². The molecule has 0 amide bonds. The number of hydrogen-bond donors (Lipinski definition) is 1. The van der Waals surface area contributed by atoms with Crippen molar-refractivity contribution in [3.63, 3.8) is 0 Å². The van der Waals surface area contributed by atoms with Crippen LogP contribution in [0.15, 0.2) is 54.6 Å². The summed E-state index contributed by atoms with van der Waals surface area (Å²) < 4.78 is 1.89. The number of nitrogens with zero attached hydrogens (tertiary/aromatic N) is 4. The highest BCUT2D eigenvalue weighted by molar-refractivity contribution is 5.35. The molecule has 5 nitrogen and oxygen atoms in total. The van der Waals surface area contributed by atoms with Gasteiger partial charge >= 0.3 is 0 Å². The molecule has 5 heteroatoms. The number of hydrogen-bond acceptors (Lipinski definition) is 4. The molecule has 2 aromatic carbocycles. The fraction of sp³-hybridized carbons (Fsp3) is 0.350. The van der Waals surface area contributed by atoms with Gasteiger partial charge in [-0.3, -0.25) is 0 Å². The van der Waals surface area contributed by atoms with E-state index in [1.54, 1.807) is 0 Å². The van der Waals surface area contributed by atoms with Crippen LogP contribution in [-0.2, 0) is 12.1 Å². The maximum atomic E-state index is 4.42. The van der Waals surface area contributed by atoms with Gasteiger partial charge in [-0.2, -0.15) is 4.68 Å². The summed E-state index contributed by atoms with van der Waals surface area (Å²) in [6.45, 7) is 2.91. The normalized spacial score (nSPS) is 16.2. The number of benzene rings is 2.